The molecule has 0 spiro atoms. The van der Waals surface area contributed by atoms with Crippen molar-refractivity contribution in [3.63, 3.8) is 0 Å². The van der Waals surface area contributed by atoms with E-state index < -0.39 is 0 Å². The zero-order valence-corrected chi connectivity index (χ0v) is 8.79. The normalized spacial score (nSPS) is 23.5. The van der Waals surface area contributed by atoms with Crippen LogP contribution in [-0.4, -0.2) is 16.8 Å². The van der Waals surface area contributed by atoms with Crippen LogP contribution in [-0.2, 0) is 4.79 Å². The number of amides is 1. The third kappa shape index (κ3) is 2.33. The molecule has 0 aliphatic carbocycles. The van der Waals surface area contributed by atoms with Gasteiger partial charge in [0, 0.05) is 6.20 Å². The van der Waals surface area contributed by atoms with Gasteiger partial charge in [-0.1, -0.05) is 27.4 Å². The Morgan fingerprint density at radius 3 is 2.54 bits per heavy atom. The van der Waals surface area contributed by atoms with Crippen molar-refractivity contribution in [2.75, 3.05) is 0 Å². The van der Waals surface area contributed by atoms with Crippen LogP contribution in [0.15, 0.2) is 12.8 Å². The molecule has 2 unspecified atom stereocenters. The van der Waals surface area contributed by atoms with E-state index in [1.807, 2.05) is 0 Å². The summed E-state index contributed by atoms with van der Waals surface area (Å²) in [5.74, 6) is 1.66. The van der Waals surface area contributed by atoms with Crippen LogP contribution >= 0.6 is 0 Å². The predicted octanol–water partition coefficient (Wildman–Crippen LogP) is 2.41. The molecule has 0 aromatic rings. The molecule has 1 aliphatic heterocycles. The summed E-state index contributed by atoms with van der Waals surface area (Å²) in [6.45, 7) is 10.3. The Kier molecular flexibility index (Phi) is 3.12. The summed E-state index contributed by atoms with van der Waals surface area (Å²) in [6, 6.07) is 0.152. The summed E-state index contributed by atoms with van der Waals surface area (Å²) in [7, 11) is 0. The van der Waals surface area contributed by atoms with Crippen LogP contribution in [0.1, 0.15) is 33.6 Å². The lowest BCUT2D eigenvalue weighted by molar-refractivity contribution is -0.113. The Labute approximate surface area is 80.6 Å². The maximum atomic E-state index is 11.1. The van der Waals surface area contributed by atoms with Gasteiger partial charge in [0.1, 0.15) is 6.04 Å². The molecule has 74 valence electrons. The fraction of sp³-hybridized carbons (Fsp3) is 0.727. The molecule has 0 bridgehead atoms. The number of nitrogens with zero attached hydrogens (tertiary/aromatic N) is 1. The number of hydrogen-bond donors (Lipinski definition) is 0. The molecule has 0 aromatic carbocycles. The van der Waals surface area contributed by atoms with Gasteiger partial charge >= 0.3 is 0 Å². The summed E-state index contributed by atoms with van der Waals surface area (Å²) in [4.78, 5) is 12.8. The van der Waals surface area contributed by atoms with Gasteiger partial charge in [-0.15, -0.1) is 0 Å². The smallest absolute Gasteiger partial charge is 0.250 e. The maximum absolute atomic E-state index is 11.1. The van der Waals surface area contributed by atoms with Crippen LogP contribution in [0.25, 0.3) is 0 Å². The van der Waals surface area contributed by atoms with Crippen LogP contribution < -0.4 is 0 Å². The molecule has 1 rings (SSSR count). The van der Waals surface area contributed by atoms with Crippen LogP contribution in [0.2, 0.25) is 0 Å². The lowest BCUT2D eigenvalue weighted by Crippen LogP contribution is -2.06. The average Bonchev–Trinajstić information content (AvgIpc) is 2.71. The molecule has 2 nitrogen and oxygen atoms in total. The zero-order chi connectivity index (χ0) is 10.0. The highest BCUT2D eigenvalue weighted by molar-refractivity contribution is 5.97. The number of carbonyl (C=O) groups is 1. The van der Waals surface area contributed by atoms with Gasteiger partial charge in [0.2, 0.25) is 5.91 Å². The molecule has 1 fully saturated rings. The van der Waals surface area contributed by atoms with E-state index in [0.717, 1.165) is 12.8 Å². The van der Waals surface area contributed by atoms with Gasteiger partial charge in [-0.2, -0.15) is 0 Å². The van der Waals surface area contributed by atoms with Crippen LogP contribution in [0.5, 0.6) is 0 Å². The van der Waals surface area contributed by atoms with E-state index in [9.17, 15) is 4.79 Å². The molecule has 0 aromatic heterocycles. The lowest BCUT2D eigenvalue weighted by atomic mass is 9.92. The average molecular weight is 181 g/mol. The van der Waals surface area contributed by atoms with Crippen LogP contribution in [0.4, 0.5) is 0 Å². The summed E-state index contributed by atoms with van der Waals surface area (Å²) in [5.41, 5.74) is 0. The Morgan fingerprint density at radius 2 is 2.15 bits per heavy atom. The molecule has 2 atom stereocenters. The van der Waals surface area contributed by atoms with Gasteiger partial charge in [-0.05, 0) is 24.7 Å². The van der Waals surface area contributed by atoms with E-state index in [1.54, 1.807) is 11.1 Å². The molecular weight excluding hydrogens is 162 g/mol. The number of hydrogen-bond acceptors (Lipinski definition) is 1. The molecule has 1 saturated heterocycles. The van der Waals surface area contributed by atoms with E-state index in [-0.39, 0.29) is 11.9 Å². The second kappa shape index (κ2) is 3.95. The van der Waals surface area contributed by atoms with Gasteiger partial charge < -0.3 is 4.90 Å². The van der Waals surface area contributed by atoms with Gasteiger partial charge in [-0.3, -0.25) is 4.79 Å². The number of rotatable bonds is 5. The van der Waals surface area contributed by atoms with Gasteiger partial charge in [0.15, 0.2) is 0 Å². The highest BCUT2D eigenvalue weighted by Crippen LogP contribution is 2.27. The first-order valence-corrected chi connectivity index (χ1v) is 5.02. The Balaban J connectivity index is 2.21. The van der Waals surface area contributed by atoms with Crippen molar-refractivity contribution >= 4 is 5.91 Å². The molecule has 0 saturated carbocycles. The molecule has 13 heavy (non-hydrogen) atoms. The van der Waals surface area contributed by atoms with Crippen LogP contribution in [0.3, 0.4) is 0 Å². The SMILES string of the molecule is C=CN1C(=O)C1CCC(C)C(C)C. The zero-order valence-electron chi connectivity index (χ0n) is 8.79. The Hall–Kier alpha value is -0.790. The van der Waals surface area contributed by atoms with Crippen molar-refractivity contribution in [2.24, 2.45) is 11.8 Å². The van der Waals surface area contributed by atoms with Gasteiger partial charge in [0.05, 0.1) is 0 Å². The minimum atomic E-state index is 0.152. The van der Waals surface area contributed by atoms with Gasteiger partial charge in [0.25, 0.3) is 0 Å². The first-order valence-electron chi connectivity index (χ1n) is 5.02. The molecule has 0 N–H and O–H groups in total. The van der Waals surface area contributed by atoms with E-state index in [1.165, 1.54) is 0 Å². The van der Waals surface area contributed by atoms with E-state index >= 15 is 0 Å². The van der Waals surface area contributed by atoms with Crippen molar-refractivity contribution in [1.82, 2.24) is 4.90 Å². The predicted molar refractivity (Wildman–Crippen MR) is 54.1 cm³/mol. The highest BCUT2D eigenvalue weighted by atomic mass is 16.2. The molecule has 1 aliphatic rings. The first kappa shape index (κ1) is 10.3. The maximum Gasteiger partial charge on any atom is 0.250 e. The summed E-state index contributed by atoms with van der Waals surface area (Å²) in [6.07, 6.45) is 3.76. The summed E-state index contributed by atoms with van der Waals surface area (Å²) in [5, 5.41) is 0. The minimum absolute atomic E-state index is 0.152. The largest absolute Gasteiger partial charge is 0.305 e. The van der Waals surface area contributed by atoms with Gasteiger partial charge in [-0.25, -0.2) is 0 Å². The van der Waals surface area contributed by atoms with Crippen molar-refractivity contribution < 1.29 is 4.79 Å². The monoisotopic (exact) mass is 181 g/mol. The Morgan fingerprint density at radius 1 is 1.54 bits per heavy atom. The topological polar surface area (TPSA) is 20.1 Å². The highest BCUT2D eigenvalue weighted by Gasteiger charge is 2.43. The van der Waals surface area contributed by atoms with E-state index in [4.69, 9.17) is 0 Å². The third-order valence-electron chi connectivity index (χ3n) is 3.04. The first-order chi connectivity index (χ1) is 6.07. The lowest BCUT2D eigenvalue weighted by Gasteiger charge is -2.13. The van der Waals surface area contributed by atoms with Crippen molar-refractivity contribution in [3.8, 4) is 0 Å². The quantitative estimate of drug-likeness (QED) is 0.596. The third-order valence-corrected chi connectivity index (χ3v) is 3.04. The summed E-state index contributed by atoms with van der Waals surface area (Å²) < 4.78 is 0. The molecular formula is C11H19NO. The molecule has 1 heterocycles. The molecule has 2 heteroatoms. The number of carbonyl (C=O) groups excluding carboxylic acids is 1. The van der Waals surface area contributed by atoms with Crippen molar-refractivity contribution in [3.05, 3.63) is 12.8 Å². The second-order valence-corrected chi connectivity index (χ2v) is 4.24. The van der Waals surface area contributed by atoms with Crippen LogP contribution in [0, 0.1) is 11.8 Å². The molecule has 0 radical (unpaired) electrons. The fourth-order valence-electron chi connectivity index (χ4n) is 1.47. The minimum Gasteiger partial charge on any atom is -0.305 e. The fourth-order valence-corrected chi connectivity index (χ4v) is 1.47. The van der Waals surface area contributed by atoms with Crippen molar-refractivity contribution in [1.29, 1.82) is 0 Å². The van der Waals surface area contributed by atoms with E-state index in [0.29, 0.717) is 11.8 Å². The second-order valence-electron chi connectivity index (χ2n) is 4.24. The van der Waals surface area contributed by atoms with Crippen molar-refractivity contribution in [2.45, 2.75) is 39.7 Å². The standard InChI is InChI=1S/C11H19NO/c1-5-12-10(11(12)13)7-6-9(4)8(2)3/h5,8-10H,1,6-7H2,2-4H3. The summed E-state index contributed by atoms with van der Waals surface area (Å²) >= 11 is 0. The Bertz CT molecular complexity index is 210. The van der Waals surface area contributed by atoms with E-state index in [2.05, 4.69) is 27.4 Å². The molecule has 1 amide bonds.